The molecule has 168 valence electrons. The van der Waals surface area contributed by atoms with Gasteiger partial charge in [-0.15, -0.1) is 0 Å². The normalized spacial score (nSPS) is 11.1. The molecule has 0 radical (unpaired) electrons. The smallest absolute Gasteiger partial charge is 0.336 e. The van der Waals surface area contributed by atoms with Gasteiger partial charge in [-0.25, -0.2) is 10.7 Å². The summed E-state index contributed by atoms with van der Waals surface area (Å²) in [7, 11) is 0. The van der Waals surface area contributed by atoms with Crippen molar-refractivity contribution in [2.45, 2.75) is 6.42 Å². The molecular formula is C24H20N2O7. The number of carbonyl (C=O) groups excluding carboxylic acids is 1. The van der Waals surface area contributed by atoms with E-state index in [0.29, 0.717) is 35.0 Å². The standard InChI is InChI=1S/C24H20N2O7/c25-32-9-1-8-26-23(29)13-2-5-16(19(10-13)24(30)31)22-17-6-3-14(27)11-20(17)33-21-12-15(28)4-7-18(21)22/h2-7,10-12,27H,1,8-9,25H2,(H,26,29)(H,30,31). The van der Waals surface area contributed by atoms with Gasteiger partial charge in [-0.05, 0) is 48.4 Å². The molecule has 5 N–H and O–H groups in total. The molecule has 4 rings (SSSR count). The van der Waals surface area contributed by atoms with Gasteiger partial charge in [0.05, 0.1) is 12.2 Å². The molecule has 1 amide bonds. The number of carbonyl (C=O) groups is 2. The van der Waals surface area contributed by atoms with Crippen LogP contribution in [0.5, 0.6) is 5.75 Å². The Labute approximate surface area is 187 Å². The number of carboxylic acid groups (broad SMARTS) is 1. The highest BCUT2D eigenvalue weighted by molar-refractivity contribution is 6.09. The summed E-state index contributed by atoms with van der Waals surface area (Å²) in [6, 6.07) is 13.1. The molecular weight excluding hydrogens is 428 g/mol. The molecule has 0 bridgehead atoms. The molecule has 9 heteroatoms. The van der Waals surface area contributed by atoms with Crippen LogP contribution in [0, 0.1) is 0 Å². The Hall–Kier alpha value is -4.21. The van der Waals surface area contributed by atoms with Gasteiger partial charge in [-0.1, -0.05) is 6.07 Å². The van der Waals surface area contributed by atoms with E-state index in [4.69, 9.17) is 10.3 Å². The van der Waals surface area contributed by atoms with Crippen LogP contribution in [0.4, 0.5) is 0 Å². The fraction of sp³-hybridized carbons (Fsp3) is 0.125. The fourth-order valence-electron chi connectivity index (χ4n) is 3.69. The number of rotatable bonds is 7. The number of hydrogen-bond donors (Lipinski definition) is 4. The fourth-order valence-corrected chi connectivity index (χ4v) is 3.69. The van der Waals surface area contributed by atoms with Crippen molar-refractivity contribution < 1.29 is 29.1 Å². The van der Waals surface area contributed by atoms with Gasteiger partial charge < -0.3 is 24.8 Å². The van der Waals surface area contributed by atoms with Gasteiger partial charge in [-0.3, -0.25) is 9.59 Å². The van der Waals surface area contributed by atoms with Gasteiger partial charge in [0.15, 0.2) is 5.43 Å². The zero-order valence-corrected chi connectivity index (χ0v) is 17.3. The summed E-state index contributed by atoms with van der Waals surface area (Å²) in [5.41, 5.74) is 1.46. The predicted molar refractivity (Wildman–Crippen MR) is 120 cm³/mol. The van der Waals surface area contributed by atoms with E-state index in [9.17, 15) is 24.6 Å². The number of hydrogen-bond acceptors (Lipinski definition) is 7. The number of fused-ring (bicyclic) bond motifs is 2. The third-order valence-electron chi connectivity index (χ3n) is 5.18. The minimum Gasteiger partial charge on any atom is -0.508 e. The minimum atomic E-state index is -1.22. The van der Waals surface area contributed by atoms with E-state index in [-0.39, 0.29) is 40.3 Å². The van der Waals surface area contributed by atoms with E-state index in [1.807, 2.05) is 0 Å². The van der Waals surface area contributed by atoms with Gasteiger partial charge in [0.25, 0.3) is 5.91 Å². The monoisotopic (exact) mass is 448 g/mol. The lowest BCUT2D eigenvalue weighted by Gasteiger charge is -2.17. The lowest BCUT2D eigenvalue weighted by Crippen LogP contribution is -2.25. The van der Waals surface area contributed by atoms with Crippen LogP contribution in [0.3, 0.4) is 0 Å². The molecule has 33 heavy (non-hydrogen) atoms. The molecule has 2 aliphatic rings. The summed E-state index contributed by atoms with van der Waals surface area (Å²) in [5.74, 6) is 3.51. The van der Waals surface area contributed by atoms with Crippen LogP contribution < -0.4 is 16.6 Å². The molecule has 1 aliphatic heterocycles. The van der Waals surface area contributed by atoms with Crippen LogP contribution in [0.25, 0.3) is 33.4 Å². The van der Waals surface area contributed by atoms with Crippen molar-refractivity contribution in [3.05, 3.63) is 75.9 Å². The minimum absolute atomic E-state index is 0.0414. The van der Waals surface area contributed by atoms with Gasteiger partial charge in [0.2, 0.25) is 0 Å². The van der Waals surface area contributed by atoms with Crippen molar-refractivity contribution >= 4 is 22.8 Å². The SMILES string of the molecule is NOCCCNC(=O)c1ccc(-c2c3ccc(=O)cc-3oc3cc(O)ccc23)c(C(=O)O)c1. The van der Waals surface area contributed by atoms with Crippen molar-refractivity contribution in [2.24, 2.45) is 5.90 Å². The summed E-state index contributed by atoms with van der Waals surface area (Å²) in [6.07, 6.45) is 0.506. The van der Waals surface area contributed by atoms with Crippen LogP contribution in [0.15, 0.2) is 63.8 Å². The number of aromatic hydroxyl groups is 1. The molecule has 0 spiro atoms. The maximum Gasteiger partial charge on any atom is 0.336 e. The van der Waals surface area contributed by atoms with Crippen LogP contribution in [0.1, 0.15) is 27.1 Å². The lowest BCUT2D eigenvalue weighted by atomic mass is 9.90. The zero-order chi connectivity index (χ0) is 23.5. The van der Waals surface area contributed by atoms with Crippen molar-refractivity contribution in [2.75, 3.05) is 13.2 Å². The molecule has 9 nitrogen and oxygen atoms in total. The Balaban J connectivity index is 1.89. The van der Waals surface area contributed by atoms with E-state index in [1.54, 1.807) is 18.2 Å². The maximum absolute atomic E-state index is 12.5. The van der Waals surface area contributed by atoms with E-state index in [2.05, 4.69) is 10.2 Å². The van der Waals surface area contributed by atoms with E-state index < -0.39 is 11.9 Å². The highest BCUT2D eigenvalue weighted by Crippen LogP contribution is 2.42. The third kappa shape index (κ3) is 4.40. The van der Waals surface area contributed by atoms with Gasteiger partial charge in [0, 0.05) is 40.8 Å². The molecule has 0 saturated heterocycles. The molecule has 0 fully saturated rings. The summed E-state index contributed by atoms with van der Waals surface area (Å²) >= 11 is 0. The Morgan fingerprint density at radius 3 is 2.58 bits per heavy atom. The Kier molecular flexibility index (Phi) is 6.07. The summed E-state index contributed by atoms with van der Waals surface area (Å²) in [4.78, 5) is 41.0. The molecule has 0 atom stereocenters. The first-order valence-electron chi connectivity index (χ1n) is 10.1. The van der Waals surface area contributed by atoms with E-state index in [0.717, 1.165) is 0 Å². The number of nitrogens with two attached hydrogens (primary N) is 1. The molecule has 2 aromatic rings. The molecule has 0 unspecified atom stereocenters. The maximum atomic E-state index is 12.5. The topological polar surface area (TPSA) is 152 Å². The number of aromatic carboxylic acids is 1. The molecule has 0 saturated carbocycles. The molecule has 0 aromatic heterocycles. The summed E-state index contributed by atoms with van der Waals surface area (Å²) in [6.45, 7) is 0.593. The van der Waals surface area contributed by atoms with Gasteiger partial charge in [0.1, 0.15) is 17.1 Å². The average Bonchev–Trinajstić information content (AvgIpc) is 2.79. The number of amides is 1. The Morgan fingerprint density at radius 2 is 1.82 bits per heavy atom. The first kappa shape index (κ1) is 22.0. The molecule has 1 aliphatic carbocycles. The van der Waals surface area contributed by atoms with E-state index in [1.165, 1.54) is 36.4 Å². The quantitative estimate of drug-likeness (QED) is 0.191. The van der Waals surface area contributed by atoms with Crippen LogP contribution >= 0.6 is 0 Å². The highest BCUT2D eigenvalue weighted by atomic mass is 16.6. The Morgan fingerprint density at radius 1 is 1.03 bits per heavy atom. The first-order valence-corrected chi connectivity index (χ1v) is 10.1. The van der Waals surface area contributed by atoms with Crippen LogP contribution in [0.2, 0.25) is 0 Å². The number of carboxylic acids is 1. The number of phenols is 1. The first-order chi connectivity index (χ1) is 15.9. The highest BCUT2D eigenvalue weighted by Gasteiger charge is 2.23. The predicted octanol–water partition coefficient (Wildman–Crippen LogP) is 2.98. The third-order valence-corrected chi connectivity index (χ3v) is 5.18. The second kappa shape index (κ2) is 9.11. The van der Waals surface area contributed by atoms with Gasteiger partial charge >= 0.3 is 5.97 Å². The van der Waals surface area contributed by atoms with Crippen LogP contribution in [-0.4, -0.2) is 35.2 Å². The lowest BCUT2D eigenvalue weighted by molar-refractivity contribution is 0.0697. The largest absolute Gasteiger partial charge is 0.508 e. The molecule has 1 heterocycles. The number of benzene rings is 3. The molecule has 2 aromatic carbocycles. The zero-order valence-electron chi connectivity index (χ0n) is 17.3. The van der Waals surface area contributed by atoms with Crippen molar-refractivity contribution in [3.63, 3.8) is 0 Å². The second-order valence-electron chi connectivity index (χ2n) is 7.36. The van der Waals surface area contributed by atoms with Crippen molar-refractivity contribution in [3.8, 4) is 28.2 Å². The summed E-state index contributed by atoms with van der Waals surface area (Å²) in [5, 5.41) is 23.1. The van der Waals surface area contributed by atoms with Gasteiger partial charge in [-0.2, -0.15) is 0 Å². The number of nitrogens with one attached hydrogen (secondary N) is 1. The van der Waals surface area contributed by atoms with Crippen LogP contribution in [-0.2, 0) is 4.84 Å². The van der Waals surface area contributed by atoms with Crippen molar-refractivity contribution in [1.29, 1.82) is 0 Å². The second-order valence-corrected chi connectivity index (χ2v) is 7.36. The van der Waals surface area contributed by atoms with E-state index >= 15 is 0 Å². The number of phenolic OH excluding ortho intramolecular Hbond substituents is 1. The van der Waals surface area contributed by atoms with Crippen molar-refractivity contribution in [1.82, 2.24) is 5.32 Å². The average molecular weight is 448 g/mol. The Bertz CT molecular complexity index is 1390. The summed E-state index contributed by atoms with van der Waals surface area (Å²) < 4.78 is 5.81.